The fourth-order valence-corrected chi connectivity index (χ4v) is 3.19. The number of para-hydroxylation sites is 1. The lowest BCUT2D eigenvalue weighted by molar-refractivity contribution is -0.117. The van der Waals surface area contributed by atoms with Gasteiger partial charge in [-0.1, -0.05) is 78.9 Å². The summed E-state index contributed by atoms with van der Waals surface area (Å²) in [4.78, 5) is 25.7. The first-order chi connectivity index (χ1) is 15.2. The Morgan fingerprint density at radius 3 is 2.10 bits per heavy atom. The molecule has 152 valence electrons. The van der Waals surface area contributed by atoms with E-state index in [0.717, 1.165) is 22.0 Å². The minimum atomic E-state index is -0.457. The number of benzene rings is 4. The van der Waals surface area contributed by atoms with Crippen molar-refractivity contribution in [2.45, 2.75) is 0 Å². The Hall–Kier alpha value is -4.38. The minimum absolute atomic E-state index is 0.133. The van der Waals surface area contributed by atoms with Gasteiger partial charge < -0.3 is 5.32 Å². The van der Waals surface area contributed by atoms with Crippen LogP contribution in [0.4, 0.5) is 5.69 Å². The van der Waals surface area contributed by atoms with Crippen molar-refractivity contribution in [2.75, 3.05) is 5.43 Å². The maximum atomic E-state index is 13.0. The number of hydrogen-bond acceptors (Lipinski definition) is 3. The highest BCUT2D eigenvalue weighted by atomic mass is 16.2. The van der Waals surface area contributed by atoms with Crippen molar-refractivity contribution in [1.82, 2.24) is 10.7 Å². The molecule has 0 fully saturated rings. The van der Waals surface area contributed by atoms with Crippen molar-refractivity contribution >= 4 is 34.4 Å². The lowest BCUT2D eigenvalue weighted by atomic mass is 10.0. The molecule has 0 unspecified atom stereocenters. The molecule has 0 aliphatic carbocycles. The van der Waals surface area contributed by atoms with Gasteiger partial charge in [-0.3, -0.25) is 20.4 Å². The van der Waals surface area contributed by atoms with Crippen LogP contribution in [-0.4, -0.2) is 11.8 Å². The molecule has 4 aromatic carbocycles. The van der Waals surface area contributed by atoms with Gasteiger partial charge in [0.25, 0.3) is 11.8 Å². The van der Waals surface area contributed by atoms with E-state index in [1.54, 1.807) is 30.3 Å². The average molecular weight is 407 g/mol. The number of nitrogens with one attached hydrogen (secondary N) is 3. The van der Waals surface area contributed by atoms with Gasteiger partial charge >= 0.3 is 0 Å². The first kappa shape index (κ1) is 19.9. The predicted molar refractivity (Wildman–Crippen MR) is 124 cm³/mol. The second-order valence-electron chi connectivity index (χ2n) is 6.89. The average Bonchev–Trinajstić information content (AvgIpc) is 2.83. The first-order valence-corrected chi connectivity index (χ1v) is 9.88. The predicted octanol–water partition coefficient (Wildman–Crippen LogP) is 4.75. The van der Waals surface area contributed by atoms with Gasteiger partial charge in [0, 0.05) is 5.56 Å². The zero-order valence-electron chi connectivity index (χ0n) is 16.7. The molecule has 0 bridgehead atoms. The van der Waals surface area contributed by atoms with Crippen LogP contribution in [0, 0.1) is 0 Å². The lowest BCUT2D eigenvalue weighted by Crippen LogP contribution is -2.37. The van der Waals surface area contributed by atoms with Crippen molar-refractivity contribution in [3.8, 4) is 0 Å². The second-order valence-corrected chi connectivity index (χ2v) is 6.89. The maximum Gasteiger partial charge on any atom is 0.286 e. The van der Waals surface area contributed by atoms with Gasteiger partial charge in [0.15, 0.2) is 0 Å². The number of carbonyl (C=O) groups excluding carboxylic acids is 2. The maximum absolute atomic E-state index is 13.0. The molecule has 0 spiro atoms. The van der Waals surface area contributed by atoms with Gasteiger partial charge in [-0.25, -0.2) is 0 Å². The van der Waals surface area contributed by atoms with E-state index in [1.807, 2.05) is 78.9 Å². The van der Waals surface area contributed by atoms with Crippen LogP contribution in [-0.2, 0) is 4.79 Å². The molecular formula is C26H21N3O2. The zero-order valence-corrected chi connectivity index (χ0v) is 16.7. The number of hydrazine groups is 1. The molecule has 31 heavy (non-hydrogen) atoms. The summed E-state index contributed by atoms with van der Waals surface area (Å²) in [6.07, 6.45) is 1.69. The van der Waals surface area contributed by atoms with Crippen molar-refractivity contribution in [3.05, 3.63) is 120 Å². The number of anilines is 1. The quantitative estimate of drug-likeness (QED) is 0.319. The molecule has 4 aromatic rings. The van der Waals surface area contributed by atoms with Crippen LogP contribution < -0.4 is 16.2 Å². The molecule has 0 saturated heterocycles. The van der Waals surface area contributed by atoms with E-state index in [-0.39, 0.29) is 11.6 Å². The Bertz CT molecular complexity index is 1230. The number of hydrogen-bond donors (Lipinski definition) is 3. The molecule has 4 rings (SSSR count). The van der Waals surface area contributed by atoms with E-state index in [0.29, 0.717) is 5.56 Å². The summed E-state index contributed by atoms with van der Waals surface area (Å²) in [5.74, 6) is -0.817. The smallest absolute Gasteiger partial charge is 0.286 e. The fourth-order valence-electron chi connectivity index (χ4n) is 3.19. The van der Waals surface area contributed by atoms with Gasteiger partial charge in [0.05, 0.1) is 5.69 Å². The number of amides is 2. The summed E-state index contributed by atoms with van der Waals surface area (Å²) >= 11 is 0. The summed E-state index contributed by atoms with van der Waals surface area (Å²) in [6.45, 7) is 0. The number of rotatable bonds is 6. The van der Waals surface area contributed by atoms with Crippen LogP contribution in [0.5, 0.6) is 0 Å². The standard InChI is InChI=1S/C26H21N3O2/c30-25(20-11-3-1-4-12-20)27-24(26(31)29-28-22-15-5-2-6-16-22)18-21-14-9-13-19-10-7-8-17-23(19)21/h1-18,28H,(H,27,30)(H,29,31)/b24-18-. The van der Waals surface area contributed by atoms with Gasteiger partial charge in [-0.05, 0) is 46.7 Å². The van der Waals surface area contributed by atoms with E-state index in [4.69, 9.17) is 0 Å². The Morgan fingerprint density at radius 2 is 1.32 bits per heavy atom. The summed E-state index contributed by atoms with van der Waals surface area (Å²) in [7, 11) is 0. The molecule has 0 aliphatic rings. The van der Waals surface area contributed by atoms with Crippen LogP contribution in [0.1, 0.15) is 15.9 Å². The summed E-state index contributed by atoms with van der Waals surface area (Å²) in [5, 5.41) is 4.79. The van der Waals surface area contributed by atoms with E-state index >= 15 is 0 Å². The highest BCUT2D eigenvalue weighted by Crippen LogP contribution is 2.20. The lowest BCUT2D eigenvalue weighted by Gasteiger charge is -2.13. The zero-order chi connectivity index (χ0) is 21.5. The molecule has 0 saturated carbocycles. The molecule has 0 heterocycles. The Kier molecular flexibility index (Phi) is 6.05. The minimum Gasteiger partial charge on any atom is -0.317 e. The molecule has 0 aromatic heterocycles. The number of carbonyl (C=O) groups is 2. The second kappa shape index (κ2) is 9.41. The summed E-state index contributed by atoms with van der Waals surface area (Å²) < 4.78 is 0. The third kappa shape index (κ3) is 4.97. The van der Waals surface area contributed by atoms with E-state index < -0.39 is 5.91 Å². The normalized spacial score (nSPS) is 11.0. The van der Waals surface area contributed by atoms with Crippen molar-refractivity contribution in [3.63, 3.8) is 0 Å². The van der Waals surface area contributed by atoms with Crippen molar-refractivity contribution < 1.29 is 9.59 Å². The molecule has 0 atom stereocenters. The molecular weight excluding hydrogens is 386 g/mol. The monoisotopic (exact) mass is 407 g/mol. The van der Waals surface area contributed by atoms with Crippen LogP contribution in [0.15, 0.2) is 109 Å². The summed E-state index contributed by atoms with van der Waals surface area (Å²) in [5.41, 5.74) is 7.68. The third-order valence-electron chi connectivity index (χ3n) is 4.75. The van der Waals surface area contributed by atoms with E-state index in [1.165, 1.54) is 0 Å². The molecule has 0 aliphatic heterocycles. The van der Waals surface area contributed by atoms with E-state index in [2.05, 4.69) is 16.2 Å². The van der Waals surface area contributed by atoms with Crippen molar-refractivity contribution in [1.29, 1.82) is 0 Å². The summed E-state index contributed by atoms with van der Waals surface area (Å²) in [6, 6.07) is 31.8. The van der Waals surface area contributed by atoms with Gasteiger partial charge in [0.1, 0.15) is 5.70 Å². The largest absolute Gasteiger partial charge is 0.317 e. The van der Waals surface area contributed by atoms with Crippen molar-refractivity contribution in [2.24, 2.45) is 0 Å². The molecule has 5 nitrogen and oxygen atoms in total. The van der Waals surface area contributed by atoms with Crippen LogP contribution in [0.25, 0.3) is 16.8 Å². The SMILES string of the molecule is O=C(NNc1ccccc1)/C(=C/c1cccc2ccccc12)NC(=O)c1ccccc1. The highest BCUT2D eigenvalue weighted by molar-refractivity contribution is 6.06. The topological polar surface area (TPSA) is 70.2 Å². The number of fused-ring (bicyclic) bond motifs is 1. The first-order valence-electron chi connectivity index (χ1n) is 9.88. The van der Waals surface area contributed by atoms with Crippen LogP contribution in [0.2, 0.25) is 0 Å². The molecule has 5 heteroatoms. The Morgan fingerprint density at radius 1 is 0.677 bits per heavy atom. The van der Waals surface area contributed by atoms with Gasteiger partial charge in [0.2, 0.25) is 0 Å². The van der Waals surface area contributed by atoms with E-state index in [9.17, 15) is 9.59 Å². The fraction of sp³-hybridized carbons (Fsp3) is 0. The van der Waals surface area contributed by atoms with Gasteiger partial charge in [-0.15, -0.1) is 0 Å². The molecule has 0 radical (unpaired) electrons. The third-order valence-corrected chi connectivity index (χ3v) is 4.75. The van der Waals surface area contributed by atoms with Gasteiger partial charge in [-0.2, -0.15) is 0 Å². The Labute approximate surface area is 180 Å². The highest BCUT2D eigenvalue weighted by Gasteiger charge is 2.15. The van der Waals surface area contributed by atoms with Crippen LogP contribution >= 0.6 is 0 Å². The van der Waals surface area contributed by atoms with Crippen LogP contribution in [0.3, 0.4) is 0 Å². The molecule has 2 amide bonds. The molecule has 3 N–H and O–H groups in total. The Balaban J connectivity index is 1.65.